The van der Waals surface area contributed by atoms with Gasteiger partial charge in [0.15, 0.2) is 5.69 Å². The molecule has 2 unspecified atom stereocenters. The fourth-order valence-corrected chi connectivity index (χ4v) is 3.10. The van der Waals surface area contributed by atoms with Gasteiger partial charge in [0.2, 0.25) is 11.9 Å². The first-order valence-corrected chi connectivity index (χ1v) is 15.6. The Balaban J connectivity index is 0. The van der Waals surface area contributed by atoms with E-state index in [0.717, 1.165) is 12.6 Å². The van der Waals surface area contributed by atoms with Crippen LogP contribution in [0.15, 0.2) is 24.5 Å². The van der Waals surface area contributed by atoms with Gasteiger partial charge in [-0.15, -0.1) is 0 Å². The molecule has 1 heterocycles. The number of ether oxygens (including phenoxy) is 4. The smallest absolute Gasteiger partial charge is 0.407 e. The van der Waals surface area contributed by atoms with E-state index in [9.17, 15) is 34.0 Å². The van der Waals surface area contributed by atoms with E-state index < -0.39 is 59.3 Å². The Morgan fingerprint density at radius 2 is 1.42 bits per heavy atom. The van der Waals surface area contributed by atoms with Gasteiger partial charge in [0.05, 0.1) is 26.8 Å². The topological polar surface area (TPSA) is 262 Å². The molecule has 1 rings (SSSR count). The molecule has 2 atom stereocenters. The minimum Gasteiger partial charge on any atom is -0.618 e. The molecule has 0 aliphatic carbocycles. The van der Waals surface area contributed by atoms with E-state index in [1.165, 1.54) is 20.4 Å². The van der Waals surface area contributed by atoms with E-state index in [-0.39, 0.29) is 31.6 Å². The van der Waals surface area contributed by atoms with Crippen LogP contribution in [-0.4, -0.2) is 96.7 Å². The number of nitrogens with two attached hydrogens (primary N) is 1. The predicted octanol–water partition coefficient (Wildman–Crippen LogP) is 2.04. The lowest BCUT2D eigenvalue weighted by Crippen LogP contribution is -2.45. The van der Waals surface area contributed by atoms with Crippen LogP contribution >= 0.6 is 0 Å². The van der Waals surface area contributed by atoms with Crippen molar-refractivity contribution >= 4 is 36.0 Å². The highest BCUT2D eigenvalue weighted by atomic mass is 16.6. The number of carboxylic acid groups (broad SMARTS) is 1. The van der Waals surface area contributed by atoms with Crippen molar-refractivity contribution in [3.63, 3.8) is 0 Å². The predicted molar refractivity (Wildman–Crippen MR) is 181 cm³/mol. The third kappa shape index (κ3) is 25.1. The number of aliphatic carboxylic acids is 1. The van der Waals surface area contributed by atoms with Crippen LogP contribution in [0.25, 0.3) is 0 Å². The summed E-state index contributed by atoms with van der Waals surface area (Å²) in [6, 6.07) is -1.74. The molecule has 0 spiro atoms. The lowest BCUT2D eigenvalue weighted by Gasteiger charge is -2.20. The number of alkyl carbamates (subject to hydrolysis) is 2. The minimum absolute atomic E-state index is 0.0673. The highest BCUT2D eigenvalue weighted by molar-refractivity contribution is 5.94. The zero-order valence-electron chi connectivity index (χ0n) is 30.6. The Hall–Kier alpha value is -5.00. The molecule has 1 aromatic rings. The third-order valence-electron chi connectivity index (χ3n) is 5.42. The Labute approximate surface area is 293 Å². The van der Waals surface area contributed by atoms with E-state index in [1.54, 1.807) is 54.5 Å². The molecular formula is C32H54N6O12. The van der Waals surface area contributed by atoms with Crippen molar-refractivity contribution in [3.05, 3.63) is 41.1 Å². The summed E-state index contributed by atoms with van der Waals surface area (Å²) in [6.45, 7) is 14.3. The summed E-state index contributed by atoms with van der Waals surface area (Å²) in [7, 11) is 2.45. The van der Waals surface area contributed by atoms with Crippen molar-refractivity contribution in [2.45, 2.75) is 104 Å². The number of aromatic nitrogens is 2. The molecule has 0 aliphatic heterocycles. The van der Waals surface area contributed by atoms with Crippen LogP contribution in [0.2, 0.25) is 0 Å². The third-order valence-corrected chi connectivity index (χ3v) is 5.42. The Kier molecular flexibility index (Phi) is 22.8. The second-order valence-electron chi connectivity index (χ2n) is 12.3. The Bertz CT molecular complexity index is 1280. The first-order valence-electron chi connectivity index (χ1n) is 15.6. The molecule has 0 fully saturated rings. The average Bonchev–Trinajstić information content (AvgIpc) is 2.99. The summed E-state index contributed by atoms with van der Waals surface area (Å²) >= 11 is 0. The summed E-state index contributed by atoms with van der Waals surface area (Å²) < 4.78 is 19.7. The van der Waals surface area contributed by atoms with Crippen LogP contribution in [0.1, 0.15) is 90.3 Å². The summed E-state index contributed by atoms with van der Waals surface area (Å²) in [6.07, 6.45) is 6.03. The average molecular weight is 715 g/mol. The van der Waals surface area contributed by atoms with E-state index in [1.807, 2.05) is 13.0 Å². The van der Waals surface area contributed by atoms with E-state index >= 15 is 0 Å². The molecule has 0 bridgehead atoms. The number of carbonyl (C=O) groups excluding carboxylic acids is 5. The van der Waals surface area contributed by atoms with E-state index in [4.69, 9.17) is 20.3 Å². The Morgan fingerprint density at radius 3 is 1.84 bits per heavy atom. The van der Waals surface area contributed by atoms with Crippen LogP contribution in [0.4, 0.5) is 9.59 Å². The molecule has 50 heavy (non-hydrogen) atoms. The number of aryl methyl sites for hydroxylation is 1. The molecule has 0 saturated heterocycles. The zero-order valence-corrected chi connectivity index (χ0v) is 30.6. The van der Waals surface area contributed by atoms with Gasteiger partial charge in [-0.2, -0.15) is 4.73 Å². The minimum atomic E-state index is -1.02. The fourth-order valence-electron chi connectivity index (χ4n) is 3.10. The standard InChI is InChI=1S/C16H24N4O6.C10H20N2O4.C6H10O2/c1-10-8-18-12(9-20(10)24)13(21)19-11(14(22)25-5)6-7-17-15(23)26-16(2,3)4;1-10(2,3)16-9(14)12-6-5-7(11)8(13)15-4;1-2-3-4-5-6(7)8/h8-9,11H,6-7H2,1-5H3,(H,17,23)(H,19,21);7H,5-6,11H2,1-4H3,(H,12,14);3-4H,2,5H2,1H3,(H,7,8)/b;;4-3-. The number of nitrogens with one attached hydrogen (secondary N) is 3. The molecule has 3 amide bonds. The Morgan fingerprint density at radius 1 is 0.920 bits per heavy atom. The normalized spacial score (nSPS) is 12.0. The highest BCUT2D eigenvalue weighted by Gasteiger charge is 2.25. The molecule has 0 radical (unpaired) electrons. The van der Waals surface area contributed by atoms with Crippen molar-refractivity contribution < 1.29 is 57.6 Å². The van der Waals surface area contributed by atoms with Gasteiger partial charge in [0.25, 0.3) is 5.91 Å². The second kappa shape index (κ2) is 24.2. The molecule has 1 aromatic heterocycles. The first-order chi connectivity index (χ1) is 23.1. The summed E-state index contributed by atoms with van der Waals surface area (Å²) in [5.74, 6) is -2.66. The molecule has 0 aromatic carbocycles. The number of nitrogens with zero attached hydrogens (tertiary/aromatic N) is 2. The van der Waals surface area contributed by atoms with E-state index in [0.29, 0.717) is 16.8 Å². The number of hydrogen-bond acceptors (Lipinski definition) is 13. The van der Waals surface area contributed by atoms with Crippen LogP contribution in [0.3, 0.4) is 0 Å². The molecule has 284 valence electrons. The van der Waals surface area contributed by atoms with Gasteiger partial charge in [0.1, 0.15) is 23.3 Å². The quantitative estimate of drug-likeness (QED) is 0.0644. The number of allylic oxidation sites excluding steroid dienone is 1. The SMILES string of the molecule is CC/C=C\CC(=O)O.COC(=O)C(CCNC(=O)OC(C)(C)C)NC(=O)c1c[n+]([O-])c(C)cn1.COC(=O)C(N)CCNC(=O)OC(C)(C)C. The lowest BCUT2D eigenvalue weighted by molar-refractivity contribution is -0.613. The fraction of sp³-hybridized carbons (Fsp3) is 0.625. The van der Waals surface area contributed by atoms with Crippen molar-refractivity contribution in [1.29, 1.82) is 0 Å². The van der Waals surface area contributed by atoms with Gasteiger partial charge in [-0.1, -0.05) is 19.1 Å². The molecule has 6 N–H and O–H groups in total. The molecular weight excluding hydrogens is 660 g/mol. The number of rotatable bonds is 13. The first kappa shape index (κ1) is 47.1. The maximum atomic E-state index is 12.2. The number of esters is 2. The van der Waals surface area contributed by atoms with Crippen LogP contribution in [-0.2, 0) is 33.3 Å². The molecule has 0 aliphatic rings. The van der Waals surface area contributed by atoms with E-state index in [2.05, 4.69) is 30.4 Å². The summed E-state index contributed by atoms with van der Waals surface area (Å²) in [4.78, 5) is 71.4. The number of carboxylic acids is 1. The van der Waals surface area contributed by atoms with Gasteiger partial charge in [-0.25, -0.2) is 19.4 Å². The van der Waals surface area contributed by atoms with Gasteiger partial charge in [0, 0.05) is 20.0 Å². The largest absolute Gasteiger partial charge is 0.618 e. The van der Waals surface area contributed by atoms with Gasteiger partial charge >= 0.3 is 30.1 Å². The van der Waals surface area contributed by atoms with Gasteiger partial charge in [-0.05, 0) is 60.8 Å². The van der Waals surface area contributed by atoms with Crippen LogP contribution in [0.5, 0.6) is 0 Å². The van der Waals surface area contributed by atoms with Crippen molar-refractivity contribution in [2.24, 2.45) is 5.73 Å². The van der Waals surface area contributed by atoms with Gasteiger partial charge < -0.3 is 50.9 Å². The van der Waals surface area contributed by atoms with Crippen molar-refractivity contribution in [1.82, 2.24) is 20.9 Å². The number of hydrogen-bond donors (Lipinski definition) is 5. The summed E-state index contributed by atoms with van der Waals surface area (Å²) in [5.41, 5.74) is 4.48. The number of carbonyl (C=O) groups is 6. The lowest BCUT2D eigenvalue weighted by atomic mass is 10.2. The monoisotopic (exact) mass is 714 g/mol. The molecule has 0 saturated carbocycles. The molecule has 18 nitrogen and oxygen atoms in total. The molecule has 18 heteroatoms. The van der Waals surface area contributed by atoms with Crippen molar-refractivity contribution in [2.75, 3.05) is 27.3 Å². The maximum Gasteiger partial charge on any atom is 0.407 e. The van der Waals surface area contributed by atoms with Gasteiger partial charge in [-0.3, -0.25) is 14.4 Å². The maximum absolute atomic E-state index is 12.2. The highest BCUT2D eigenvalue weighted by Crippen LogP contribution is 2.07. The van der Waals surface area contributed by atoms with Crippen LogP contribution in [0, 0.1) is 12.1 Å². The van der Waals surface area contributed by atoms with Crippen LogP contribution < -0.4 is 26.4 Å². The number of methoxy groups -OCH3 is 2. The number of amides is 3. The zero-order chi connectivity index (χ0) is 39.1. The summed E-state index contributed by atoms with van der Waals surface area (Å²) in [5, 5.41) is 27.0. The van der Waals surface area contributed by atoms with Crippen molar-refractivity contribution in [3.8, 4) is 0 Å². The second-order valence-corrected chi connectivity index (χ2v) is 12.3.